The van der Waals surface area contributed by atoms with Crippen molar-refractivity contribution in [2.45, 2.75) is 31.0 Å². The Labute approximate surface area is 195 Å². The quantitative estimate of drug-likeness (QED) is 0.543. The van der Waals surface area contributed by atoms with Crippen LogP contribution < -0.4 is 0 Å². The van der Waals surface area contributed by atoms with E-state index in [-0.39, 0.29) is 30.2 Å². The summed E-state index contributed by atoms with van der Waals surface area (Å²) >= 11 is 6.01. The summed E-state index contributed by atoms with van der Waals surface area (Å²) in [4.78, 5) is 45.5. The highest BCUT2D eigenvalue weighted by Gasteiger charge is 2.74. The van der Waals surface area contributed by atoms with Gasteiger partial charge in [0.25, 0.3) is 0 Å². The number of carbonyl (C=O) groups is 3. The number of imide groups is 1. The number of hydrogen-bond acceptors (Lipinski definition) is 4. The van der Waals surface area contributed by atoms with E-state index in [1.165, 1.54) is 4.90 Å². The van der Waals surface area contributed by atoms with Gasteiger partial charge in [0.2, 0.25) is 11.8 Å². The molecule has 0 radical (unpaired) electrons. The molecule has 33 heavy (non-hydrogen) atoms. The number of fused-ring (bicyclic) bond motifs is 6. The van der Waals surface area contributed by atoms with Gasteiger partial charge < -0.3 is 0 Å². The van der Waals surface area contributed by atoms with Crippen LogP contribution in [0.1, 0.15) is 34.3 Å². The lowest BCUT2D eigenvalue weighted by Gasteiger charge is -2.38. The maximum Gasteiger partial charge on any atom is 0.236 e. The summed E-state index contributed by atoms with van der Waals surface area (Å²) in [5, 5.41) is 2.55. The molecule has 1 spiro atoms. The van der Waals surface area contributed by atoms with E-state index in [4.69, 9.17) is 11.6 Å². The maximum atomic E-state index is 14.2. The molecule has 5 nitrogen and oxygen atoms in total. The summed E-state index contributed by atoms with van der Waals surface area (Å²) in [7, 11) is 0. The van der Waals surface area contributed by atoms with Crippen LogP contribution in [0.4, 0.5) is 0 Å². The van der Waals surface area contributed by atoms with E-state index in [0.717, 1.165) is 41.3 Å². The SMILES string of the molecule is O=C1[C@H]2[C@@H](C(=O)N1Cc1ccc(Cl)cc1)[C@]1(C(=O)c3cccc4cccc1c34)N1CCC[C@@H]21. The van der Waals surface area contributed by atoms with Crippen molar-refractivity contribution < 1.29 is 14.4 Å². The molecular formula is C27H21ClN2O3. The van der Waals surface area contributed by atoms with Crippen LogP contribution in [0.15, 0.2) is 60.7 Å². The Balaban J connectivity index is 1.40. The summed E-state index contributed by atoms with van der Waals surface area (Å²) in [6, 6.07) is 18.9. The van der Waals surface area contributed by atoms with Crippen molar-refractivity contribution in [2.24, 2.45) is 11.8 Å². The maximum absolute atomic E-state index is 14.2. The molecule has 0 aromatic heterocycles. The summed E-state index contributed by atoms with van der Waals surface area (Å²) in [6.07, 6.45) is 1.75. The third kappa shape index (κ3) is 2.24. The first kappa shape index (κ1) is 19.4. The number of ketones is 1. The fourth-order valence-electron chi connectivity index (χ4n) is 7.06. The number of likely N-dealkylation sites (tertiary alicyclic amines) is 1. The Morgan fingerprint density at radius 3 is 2.48 bits per heavy atom. The van der Waals surface area contributed by atoms with Gasteiger partial charge in [-0.05, 0) is 53.4 Å². The van der Waals surface area contributed by atoms with Crippen LogP contribution in [0.25, 0.3) is 10.8 Å². The van der Waals surface area contributed by atoms with Crippen LogP contribution >= 0.6 is 11.6 Å². The summed E-state index contributed by atoms with van der Waals surface area (Å²) < 4.78 is 0. The van der Waals surface area contributed by atoms with E-state index in [0.29, 0.717) is 10.6 Å². The zero-order valence-electron chi connectivity index (χ0n) is 17.8. The van der Waals surface area contributed by atoms with E-state index in [1.807, 2.05) is 48.5 Å². The predicted molar refractivity (Wildman–Crippen MR) is 124 cm³/mol. The van der Waals surface area contributed by atoms with Gasteiger partial charge in [0.15, 0.2) is 5.78 Å². The molecule has 3 fully saturated rings. The highest BCUT2D eigenvalue weighted by molar-refractivity contribution is 6.30. The average Bonchev–Trinajstić information content (AvgIpc) is 3.52. The van der Waals surface area contributed by atoms with Crippen molar-refractivity contribution >= 4 is 40.0 Å². The van der Waals surface area contributed by atoms with E-state index >= 15 is 0 Å². The monoisotopic (exact) mass is 456 g/mol. The van der Waals surface area contributed by atoms with E-state index in [9.17, 15) is 14.4 Å². The highest BCUT2D eigenvalue weighted by Crippen LogP contribution is 2.61. The third-order valence-electron chi connectivity index (χ3n) is 8.22. The zero-order valence-corrected chi connectivity index (χ0v) is 18.6. The van der Waals surface area contributed by atoms with Crippen LogP contribution in [0.5, 0.6) is 0 Å². The number of Topliss-reactive ketones (excluding diaryl/α,β-unsaturated/α-hetero) is 1. The number of nitrogens with zero attached hydrogens (tertiary/aromatic N) is 2. The van der Waals surface area contributed by atoms with Gasteiger partial charge in [-0.2, -0.15) is 0 Å². The zero-order chi connectivity index (χ0) is 22.5. The number of carbonyl (C=O) groups excluding carboxylic acids is 3. The average molecular weight is 457 g/mol. The van der Waals surface area contributed by atoms with Crippen LogP contribution in [0, 0.1) is 11.8 Å². The first-order chi connectivity index (χ1) is 16.0. The Bertz CT molecular complexity index is 1380. The summed E-state index contributed by atoms with van der Waals surface area (Å²) in [5.41, 5.74) is 1.33. The first-order valence-electron chi connectivity index (χ1n) is 11.5. The molecule has 2 amide bonds. The first-order valence-corrected chi connectivity index (χ1v) is 11.8. The number of halogens is 1. The molecule has 4 aliphatic rings. The van der Waals surface area contributed by atoms with Crippen LogP contribution in [-0.2, 0) is 21.7 Å². The van der Waals surface area contributed by atoms with Crippen molar-refractivity contribution in [1.29, 1.82) is 0 Å². The second-order valence-electron chi connectivity index (χ2n) is 9.60. The third-order valence-corrected chi connectivity index (χ3v) is 8.47. The molecule has 3 aromatic rings. The van der Waals surface area contributed by atoms with Gasteiger partial charge in [-0.25, -0.2) is 0 Å². The molecule has 3 aliphatic heterocycles. The summed E-state index contributed by atoms with van der Waals surface area (Å²) in [6.45, 7) is 0.932. The molecule has 1 aliphatic carbocycles. The Kier molecular flexibility index (Phi) is 3.84. The minimum atomic E-state index is -1.09. The molecule has 0 saturated carbocycles. The number of rotatable bonds is 2. The Morgan fingerprint density at radius 1 is 0.939 bits per heavy atom. The van der Waals surface area contributed by atoms with Gasteiger partial charge >= 0.3 is 0 Å². The molecule has 4 atom stereocenters. The fraction of sp³-hybridized carbons (Fsp3) is 0.296. The lowest BCUT2D eigenvalue weighted by molar-refractivity contribution is -0.142. The van der Waals surface area contributed by atoms with Gasteiger partial charge in [0.05, 0.1) is 18.4 Å². The van der Waals surface area contributed by atoms with E-state index in [2.05, 4.69) is 4.90 Å². The fourth-order valence-corrected chi connectivity index (χ4v) is 7.18. The second-order valence-corrected chi connectivity index (χ2v) is 10.0. The normalized spacial score (nSPS) is 30.2. The van der Waals surface area contributed by atoms with Gasteiger partial charge in [-0.1, -0.05) is 60.1 Å². The molecule has 0 N–H and O–H groups in total. The van der Waals surface area contributed by atoms with Gasteiger partial charge in [0, 0.05) is 16.6 Å². The van der Waals surface area contributed by atoms with E-state index in [1.54, 1.807) is 12.1 Å². The number of benzene rings is 3. The van der Waals surface area contributed by atoms with E-state index < -0.39 is 17.4 Å². The smallest absolute Gasteiger partial charge is 0.236 e. The molecule has 0 unspecified atom stereocenters. The van der Waals surface area contributed by atoms with Crippen molar-refractivity contribution in [1.82, 2.24) is 9.80 Å². The molecule has 3 aromatic carbocycles. The highest BCUT2D eigenvalue weighted by atomic mass is 35.5. The molecule has 164 valence electrons. The predicted octanol–water partition coefficient (Wildman–Crippen LogP) is 4.16. The number of amides is 2. The lowest BCUT2D eigenvalue weighted by Crippen LogP contribution is -2.53. The Hall–Kier alpha value is -3.02. The minimum absolute atomic E-state index is 0.0248. The lowest BCUT2D eigenvalue weighted by atomic mass is 9.74. The number of hydrogen-bond donors (Lipinski definition) is 0. The molecule has 7 rings (SSSR count). The second kappa shape index (κ2) is 6.52. The van der Waals surface area contributed by atoms with Crippen molar-refractivity contribution in [3.05, 3.63) is 82.4 Å². The molecule has 0 bridgehead atoms. The molecular weight excluding hydrogens is 436 g/mol. The molecule has 3 heterocycles. The molecule has 3 saturated heterocycles. The standard InChI is InChI=1S/C27H21ClN2O3/c28-17-11-9-15(10-12-17)14-29-25(32)22-20-8-3-13-30(20)27(23(22)26(29)33)19-7-2-5-16-4-1-6-18(21(16)19)24(27)31/h1-2,4-7,9-12,20,22-23H,3,8,13-14H2/t20-,22+,23-,27+/m0/s1. The topological polar surface area (TPSA) is 57.7 Å². The van der Waals surface area contributed by atoms with Crippen LogP contribution in [0.2, 0.25) is 5.02 Å². The van der Waals surface area contributed by atoms with Crippen molar-refractivity contribution in [3.63, 3.8) is 0 Å². The molecule has 6 heteroatoms. The summed E-state index contributed by atoms with van der Waals surface area (Å²) in [5.74, 6) is -1.57. The Morgan fingerprint density at radius 2 is 1.70 bits per heavy atom. The minimum Gasteiger partial charge on any atom is -0.292 e. The van der Waals surface area contributed by atoms with Crippen molar-refractivity contribution in [2.75, 3.05) is 6.54 Å². The van der Waals surface area contributed by atoms with Crippen molar-refractivity contribution in [3.8, 4) is 0 Å². The van der Waals surface area contributed by atoms with Gasteiger partial charge in [-0.15, -0.1) is 0 Å². The largest absolute Gasteiger partial charge is 0.292 e. The van der Waals surface area contributed by atoms with Crippen LogP contribution in [-0.4, -0.2) is 40.0 Å². The van der Waals surface area contributed by atoms with Gasteiger partial charge in [-0.3, -0.25) is 24.2 Å². The van der Waals surface area contributed by atoms with Gasteiger partial charge in [0.1, 0.15) is 5.54 Å². The van der Waals surface area contributed by atoms with Crippen LogP contribution in [0.3, 0.4) is 0 Å².